The Balaban J connectivity index is 2.69. The molecular weight excluding hydrogens is 250 g/mol. The van der Waals surface area contributed by atoms with Gasteiger partial charge in [0.25, 0.3) is 0 Å². The minimum atomic E-state index is -1.01. The van der Waals surface area contributed by atoms with Crippen molar-refractivity contribution in [3.05, 3.63) is 24.0 Å². The van der Waals surface area contributed by atoms with Crippen molar-refractivity contribution in [3.63, 3.8) is 0 Å². The van der Waals surface area contributed by atoms with Crippen LogP contribution < -0.4 is 4.90 Å². The number of anilines is 1. The fourth-order valence-corrected chi connectivity index (χ4v) is 1.49. The smallest absolute Gasteiger partial charge is 0.328 e. The molecule has 1 aromatic heterocycles. The number of carboxylic acids is 1. The first-order chi connectivity index (χ1) is 9.17. The summed E-state index contributed by atoms with van der Waals surface area (Å²) in [6.07, 6.45) is 2.45. The molecule has 0 amide bonds. The first-order valence-corrected chi connectivity index (χ1v) is 5.91. The van der Waals surface area contributed by atoms with Crippen molar-refractivity contribution in [3.8, 4) is 0 Å². The minimum absolute atomic E-state index is 0.497. The van der Waals surface area contributed by atoms with Crippen LogP contribution in [-0.2, 0) is 14.3 Å². The van der Waals surface area contributed by atoms with Gasteiger partial charge in [0.15, 0.2) is 5.88 Å². The highest BCUT2D eigenvalue weighted by molar-refractivity contribution is 5.84. The van der Waals surface area contributed by atoms with Crippen molar-refractivity contribution in [1.29, 1.82) is 0 Å². The molecule has 0 unspecified atom stereocenters. The number of nitrogens with zero attached hydrogens (tertiary/aromatic N) is 1. The van der Waals surface area contributed by atoms with Crippen LogP contribution in [0.4, 0.5) is 5.88 Å². The SMILES string of the molecule is COCCN(CCOC)c1ccc(/C=C/C(=O)O)o1. The van der Waals surface area contributed by atoms with E-state index in [1.54, 1.807) is 26.4 Å². The zero-order valence-corrected chi connectivity index (χ0v) is 11.2. The molecule has 1 heterocycles. The molecule has 0 aliphatic rings. The molecule has 0 saturated heterocycles. The standard InChI is InChI=1S/C13H19NO5/c1-17-9-7-14(8-10-18-2)12-5-3-11(19-12)4-6-13(15)16/h3-6H,7-10H2,1-2H3,(H,15,16)/b6-4+. The third-order valence-electron chi connectivity index (χ3n) is 2.45. The zero-order chi connectivity index (χ0) is 14.1. The first-order valence-electron chi connectivity index (χ1n) is 5.91. The summed E-state index contributed by atoms with van der Waals surface area (Å²) in [6.45, 7) is 2.50. The third-order valence-corrected chi connectivity index (χ3v) is 2.45. The van der Waals surface area contributed by atoms with Gasteiger partial charge in [-0.2, -0.15) is 0 Å². The minimum Gasteiger partial charge on any atom is -0.478 e. The van der Waals surface area contributed by atoms with E-state index >= 15 is 0 Å². The maximum atomic E-state index is 10.4. The lowest BCUT2D eigenvalue weighted by atomic mass is 10.4. The summed E-state index contributed by atoms with van der Waals surface area (Å²) in [5.41, 5.74) is 0. The van der Waals surface area contributed by atoms with Crippen LogP contribution in [0.5, 0.6) is 0 Å². The van der Waals surface area contributed by atoms with Crippen molar-refractivity contribution in [1.82, 2.24) is 0 Å². The lowest BCUT2D eigenvalue weighted by Gasteiger charge is -2.20. The molecule has 0 atom stereocenters. The molecule has 0 fully saturated rings. The molecule has 1 aromatic rings. The Kier molecular flexibility index (Phi) is 6.70. The molecule has 106 valence electrons. The van der Waals surface area contributed by atoms with Gasteiger partial charge in [0.2, 0.25) is 0 Å². The van der Waals surface area contributed by atoms with Crippen molar-refractivity contribution >= 4 is 17.9 Å². The van der Waals surface area contributed by atoms with Gasteiger partial charge in [0.05, 0.1) is 13.2 Å². The number of furan rings is 1. The number of hydrogen-bond acceptors (Lipinski definition) is 5. The van der Waals surface area contributed by atoms with E-state index in [9.17, 15) is 4.79 Å². The molecule has 1 rings (SSSR count). The number of carbonyl (C=O) groups is 1. The van der Waals surface area contributed by atoms with Crippen LogP contribution >= 0.6 is 0 Å². The van der Waals surface area contributed by atoms with Crippen molar-refractivity contribution in [2.45, 2.75) is 0 Å². The normalized spacial score (nSPS) is 11.1. The second kappa shape index (κ2) is 8.34. The molecular formula is C13H19NO5. The van der Waals surface area contributed by atoms with E-state index in [1.807, 2.05) is 4.90 Å². The molecule has 6 heteroatoms. The largest absolute Gasteiger partial charge is 0.478 e. The second-order valence-corrected chi connectivity index (χ2v) is 3.82. The average molecular weight is 269 g/mol. The summed E-state index contributed by atoms with van der Waals surface area (Å²) in [7, 11) is 3.27. The molecule has 0 aromatic carbocycles. The summed E-state index contributed by atoms with van der Waals surface area (Å²) >= 11 is 0. The third kappa shape index (κ3) is 5.58. The lowest BCUT2D eigenvalue weighted by Crippen LogP contribution is -2.30. The predicted octanol–water partition coefficient (Wildman–Crippen LogP) is 1.48. The quantitative estimate of drug-likeness (QED) is 0.685. The van der Waals surface area contributed by atoms with Crippen molar-refractivity contribution < 1.29 is 23.8 Å². The predicted molar refractivity (Wildman–Crippen MR) is 71.3 cm³/mol. The molecule has 0 bridgehead atoms. The Morgan fingerprint density at radius 3 is 2.47 bits per heavy atom. The molecule has 19 heavy (non-hydrogen) atoms. The fraction of sp³-hybridized carbons (Fsp3) is 0.462. The second-order valence-electron chi connectivity index (χ2n) is 3.82. The van der Waals surface area contributed by atoms with E-state index in [0.29, 0.717) is 37.9 Å². The molecule has 0 aliphatic heterocycles. The van der Waals surface area contributed by atoms with Gasteiger partial charge in [-0.1, -0.05) is 0 Å². The average Bonchev–Trinajstić information content (AvgIpc) is 2.85. The molecule has 0 aliphatic carbocycles. The fourth-order valence-electron chi connectivity index (χ4n) is 1.49. The van der Waals surface area contributed by atoms with Gasteiger partial charge >= 0.3 is 5.97 Å². The highest BCUT2D eigenvalue weighted by atomic mass is 16.5. The number of hydrogen-bond donors (Lipinski definition) is 1. The van der Waals surface area contributed by atoms with E-state index in [1.165, 1.54) is 6.08 Å². The molecule has 1 N–H and O–H groups in total. The van der Waals surface area contributed by atoms with Crippen LogP contribution in [0.1, 0.15) is 5.76 Å². The number of carboxylic acid groups (broad SMARTS) is 1. The Morgan fingerprint density at radius 1 is 1.32 bits per heavy atom. The summed E-state index contributed by atoms with van der Waals surface area (Å²) in [5.74, 6) is 0.157. The number of rotatable bonds is 9. The molecule has 0 spiro atoms. The summed E-state index contributed by atoms with van der Waals surface area (Å²) in [6, 6.07) is 3.52. The Hall–Kier alpha value is -1.79. The van der Waals surface area contributed by atoms with Crippen LogP contribution in [0.25, 0.3) is 6.08 Å². The first kappa shape index (κ1) is 15.3. The topological polar surface area (TPSA) is 72.1 Å². The van der Waals surface area contributed by atoms with Crippen molar-refractivity contribution in [2.75, 3.05) is 45.4 Å². The number of methoxy groups -OCH3 is 2. The van der Waals surface area contributed by atoms with E-state index < -0.39 is 5.97 Å². The van der Waals surface area contributed by atoms with Gasteiger partial charge in [0, 0.05) is 39.5 Å². The lowest BCUT2D eigenvalue weighted by molar-refractivity contribution is -0.131. The van der Waals surface area contributed by atoms with Crippen molar-refractivity contribution in [2.24, 2.45) is 0 Å². The van der Waals surface area contributed by atoms with Gasteiger partial charge < -0.3 is 23.9 Å². The number of ether oxygens (including phenoxy) is 2. The van der Waals surface area contributed by atoms with E-state index in [2.05, 4.69) is 0 Å². The monoisotopic (exact) mass is 269 g/mol. The van der Waals surface area contributed by atoms with Crippen LogP contribution in [0, 0.1) is 0 Å². The Morgan fingerprint density at radius 2 is 1.95 bits per heavy atom. The van der Waals surface area contributed by atoms with Crippen LogP contribution in [-0.4, -0.2) is 51.6 Å². The summed E-state index contributed by atoms with van der Waals surface area (Å²) in [4.78, 5) is 12.4. The summed E-state index contributed by atoms with van der Waals surface area (Å²) in [5, 5.41) is 8.55. The van der Waals surface area contributed by atoms with E-state index in [4.69, 9.17) is 19.0 Å². The maximum absolute atomic E-state index is 10.4. The van der Waals surface area contributed by atoms with Crippen LogP contribution in [0.15, 0.2) is 22.6 Å². The van der Waals surface area contributed by atoms with E-state index in [0.717, 1.165) is 6.08 Å². The van der Waals surface area contributed by atoms with Crippen LogP contribution in [0.2, 0.25) is 0 Å². The molecule has 0 saturated carbocycles. The van der Waals surface area contributed by atoms with Gasteiger partial charge in [-0.3, -0.25) is 0 Å². The highest BCUT2D eigenvalue weighted by Gasteiger charge is 2.10. The zero-order valence-electron chi connectivity index (χ0n) is 11.2. The van der Waals surface area contributed by atoms with Crippen LogP contribution in [0.3, 0.4) is 0 Å². The molecule has 0 radical (unpaired) electrons. The van der Waals surface area contributed by atoms with Gasteiger partial charge in [-0.25, -0.2) is 4.79 Å². The van der Waals surface area contributed by atoms with Gasteiger partial charge in [0.1, 0.15) is 5.76 Å². The molecule has 6 nitrogen and oxygen atoms in total. The van der Waals surface area contributed by atoms with Gasteiger partial charge in [-0.05, 0) is 12.1 Å². The van der Waals surface area contributed by atoms with E-state index in [-0.39, 0.29) is 0 Å². The Labute approximate surface area is 112 Å². The maximum Gasteiger partial charge on any atom is 0.328 e. The number of aliphatic carboxylic acids is 1. The Bertz CT molecular complexity index is 405. The summed E-state index contributed by atoms with van der Waals surface area (Å²) < 4.78 is 15.6. The van der Waals surface area contributed by atoms with Gasteiger partial charge in [-0.15, -0.1) is 0 Å². The highest BCUT2D eigenvalue weighted by Crippen LogP contribution is 2.19.